The molecule has 1 heterocycles. The van der Waals surface area contributed by atoms with Gasteiger partial charge in [-0.1, -0.05) is 23.9 Å². The summed E-state index contributed by atoms with van der Waals surface area (Å²) in [6.45, 7) is 0. The van der Waals surface area contributed by atoms with Crippen molar-refractivity contribution in [1.29, 1.82) is 0 Å². The van der Waals surface area contributed by atoms with Crippen LogP contribution in [-0.2, 0) is 6.18 Å². The Bertz CT molecular complexity index is 557. The van der Waals surface area contributed by atoms with E-state index in [4.69, 9.17) is 0 Å². The van der Waals surface area contributed by atoms with Gasteiger partial charge in [0.15, 0.2) is 0 Å². The second-order valence-electron chi connectivity index (χ2n) is 3.42. The zero-order valence-electron chi connectivity index (χ0n) is 8.98. The van der Waals surface area contributed by atoms with Crippen molar-refractivity contribution < 1.29 is 18.3 Å². The molecule has 0 spiro atoms. The van der Waals surface area contributed by atoms with Crippen LogP contribution in [-0.4, -0.2) is 10.1 Å². The van der Waals surface area contributed by atoms with Crippen molar-refractivity contribution in [3.63, 3.8) is 0 Å². The third kappa shape index (κ3) is 2.76. The largest absolute Gasteiger partial charge is 0.507 e. The molecular weight excluding hydrogens is 263 g/mol. The van der Waals surface area contributed by atoms with E-state index in [0.717, 1.165) is 17.8 Å². The Morgan fingerprint density at radius 2 is 1.78 bits per heavy atom. The maximum atomic E-state index is 12.7. The lowest BCUT2D eigenvalue weighted by Gasteiger charge is -2.11. The van der Waals surface area contributed by atoms with E-state index in [1.54, 1.807) is 12.1 Å². The summed E-state index contributed by atoms with van der Waals surface area (Å²) >= 11 is 0.787. The van der Waals surface area contributed by atoms with Gasteiger partial charge < -0.3 is 5.11 Å². The molecule has 94 valence electrons. The molecule has 0 atom stereocenters. The second-order valence-corrected chi connectivity index (χ2v) is 4.45. The van der Waals surface area contributed by atoms with Crippen LogP contribution in [0.1, 0.15) is 5.56 Å². The monoisotopic (exact) mass is 271 g/mol. The number of nitrogens with zero attached hydrogens (tertiary/aromatic N) is 1. The molecular formula is C12H8F3NOS. The maximum absolute atomic E-state index is 12.7. The fraction of sp³-hybridized carbons (Fsp3) is 0.0833. The Hall–Kier alpha value is -1.69. The number of para-hydroxylation sites is 1. The number of aromatic hydroxyl groups is 1. The first kappa shape index (κ1) is 12.8. The number of hydrogen-bond acceptors (Lipinski definition) is 3. The summed E-state index contributed by atoms with van der Waals surface area (Å²) in [5.74, 6) is -0.0683. The average molecular weight is 271 g/mol. The van der Waals surface area contributed by atoms with Crippen molar-refractivity contribution in [2.45, 2.75) is 16.1 Å². The number of alkyl halides is 3. The Morgan fingerprint density at radius 1 is 1.06 bits per heavy atom. The molecule has 1 aromatic heterocycles. The van der Waals surface area contributed by atoms with Crippen LogP contribution < -0.4 is 0 Å². The minimum Gasteiger partial charge on any atom is -0.507 e. The number of phenolic OH excluding ortho intramolecular Hbond substituents is 1. The number of rotatable bonds is 2. The van der Waals surface area contributed by atoms with E-state index < -0.39 is 11.7 Å². The number of phenols is 1. The molecule has 0 unspecified atom stereocenters. The molecule has 0 aliphatic heterocycles. The van der Waals surface area contributed by atoms with Crippen molar-refractivity contribution in [3.8, 4) is 5.75 Å². The first-order valence-corrected chi connectivity index (χ1v) is 5.78. The Balaban J connectivity index is 2.39. The molecule has 0 aliphatic carbocycles. The van der Waals surface area contributed by atoms with E-state index in [-0.39, 0.29) is 10.8 Å². The van der Waals surface area contributed by atoms with Gasteiger partial charge in [0, 0.05) is 6.20 Å². The number of aromatic nitrogens is 1. The second kappa shape index (κ2) is 4.89. The van der Waals surface area contributed by atoms with Gasteiger partial charge in [-0.05, 0) is 24.3 Å². The van der Waals surface area contributed by atoms with Gasteiger partial charge in [0.1, 0.15) is 10.8 Å². The van der Waals surface area contributed by atoms with Crippen molar-refractivity contribution in [2.75, 3.05) is 0 Å². The highest BCUT2D eigenvalue weighted by molar-refractivity contribution is 7.99. The van der Waals surface area contributed by atoms with Crippen LogP contribution in [0.25, 0.3) is 0 Å². The van der Waals surface area contributed by atoms with Crippen LogP contribution in [0.15, 0.2) is 52.5 Å². The van der Waals surface area contributed by atoms with Gasteiger partial charge in [-0.3, -0.25) is 0 Å². The van der Waals surface area contributed by atoms with Gasteiger partial charge in [-0.15, -0.1) is 0 Å². The van der Waals surface area contributed by atoms with Crippen LogP contribution in [0, 0.1) is 0 Å². The van der Waals surface area contributed by atoms with E-state index in [0.29, 0.717) is 4.90 Å². The topological polar surface area (TPSA) is 33.1 Å². The maximum Gasteiger partial charge on any atom is 0.419 e. The van der Waals surface area contributed by atoms with Crippen molar-refractivity contribution in [3.05, 3.63) is 48.2 Å². The summed E-state index contributed by atoms with van der Waals surface area (Å²) in [6, 6.07) is 8.39. The fourth-order valence-corrected chi connectivity index (χ4v) is 2.27. The number of halogens is 3. The number of pyridine rings is 1. The molecule has 1 N–H and O–H groups in total. The molecule has 0 aliphatic rings. The standard InChI is InChI=1S/C12H8F3NOS/c13-12(14,15)8-4-3-7-16-11(8)18-10-6-2-1-5-9(10)17/h1-7,17H. The van der Waals surface area contributed by atoms with Gasteiger partial charge in [0.05, 0.1) is 10.5 Å². The first-order chi connectivity index (χ1) is 8.48. The van der Waals surface area contributed by atoms with Crippen LogP contribution >= 0.6 is 11.8 Å². The van der Waals surface area contributed by atoms with E-state index in [9.17, 15) is 18.3 Å². The zero-order chi connectivity index (χ0) is 13.2. The van der Waals surface area contributed by atoms with Gasteiger partial charge in [0.2, 0.25) is 0 Å². The lowest BCUT2D eigenvalue weighted by atomic mass is 10.3. The highest BCUT2D eigenvalue weighted by Gasteiger charge is 2.34. The minimum atomic E-state index is -4.46. The van der Waals surface area contributed by atoms with E-state index in [1.807, 2.05) is 0 Å². The van der Waals surface area contributed by atoms with Gasteiger partial charge >= 0.3 is 6.18 Å². The molecule has 0 saturated heterocycles. The third-order valence-corrected chi connectivity index (χ3v) is 3.23. The lowest BCUT2D eigenvalue weighted by molar-refractivity contribution is -0.140. The molecule has 2 aromatic rings. The SMILES string of the molecule is Oc1ccccc1Sc1ncccc1C(F)(F)F. The summed E-state index contributed by atoms with van der Waals surface area (Å²) in [5.41, 5.74) is -0.807. The van der Waals surface area contributed by atoms with Crippen LogP contribution in [0.2, 0.25) is 0 Å². The molecule has 2 nitrogen and oxygen atoms in total. The van der Waals surface area contributed by atoms with Crippen molar-refractivity contribution in [2.24, 2.45) is 0 Å². The molecule has 2 rings (SSSR count). The van der Waals surface area contributed by atoms with E-state index in [1.165, 1.54) is 24.4 Å². The van der Waals surface area contributed by atoms with Crippen molar-refractivity contribution in [1.82, 2.24) is 4.98 Å². The number of hydrogen-bond donors (Lipinski definition) is 1. The molecule has 0 bridgehead atoms. The third-order valence-electron chi connectivity index (χ3n) is 2.15. The lowest BCUT2D eigenvalue weighted by Crippen LogP contribution is -2.07. The molecule has 6 heteroatoms. The molecule has 18 heavy (non-hydrogen) atoms. The van der Waals surface area contributed by atoms with Crippen LogP contribution in [0.4, 0.5) is 13.2 Å². The normalized spacial score (nSPS) is 11.5. The minimum absolute atomic E-state index is 0.0683. The molecule has 0 fully saturated rings. The smallest absolute Gasteiger partial charge is 0.419 e. The van der Waals surface area contributed by atoms with Gasteiger partial charge in [-0.25, -0.2) is 4.98 Å². The Kier molecular flexibility index (Phi) is 3.47. The summed E-state index contributed by atoms with van der Waals surface area (Å²) in [5, 5.41) is 9.36. The predicted molar refractivity (Wildman–Crippen MR) is 61.5 cm³/mol. The summed E-state index contributed by atoms with van der Waals surface area (Å²) < 4.78 is 38.2. The van der Waals surface area contributed by atoms with Crippen molar-refractivity contribution >= 4 is 11.8 Å². The van der Waals surface area contributed by atoms with Gasteiger partial charge in [0.25, 0.3) is 0 Å². The summed E-state index contributed by atoms with van der Waals surface area (Å²) in [7, 11) is 0. The highest BCUT2D eigenvalue weighted by Crippen LogP contribution is 2.40. The van der Waals surface area contributed by atoms with E-state index in [2.05, 4.69) is 4.98 Å². The van der Waals surface area contributed by atoms with Gasteiger partial charge in [-0.2, -0.15) is 13.2 Å². The molecule has 0 amide bonds. The Labute approximate surface area is 105 Å². The Morgan fingerprint density at radius 3 is 2.44 bits per heavy atom. The molecule has 0 radical (unpaired) electrons. The summed E-state index contributed by atoms with van der Waals surface area (Å²) in [6.07, 6.45) is -3.17. The molecule has 1 aromatic carbocycles. The average Bonchev–Trinajstić information content (AvgIpc) is 2.31. The first-order valence-electron chi connectivity index (χ1n) is 4.96. The zero-order valence-corrected chi connectivity index (χ0v) is 9.79. The fourth-order valence-electron chi connectivity index (χ4n) is 1.34. The highest BCUT2D eigenvalue weighted by atomic mass is 32.2. The van der Waals surface area contributed by atoms with Crippen LogP contribution in [0.3, 0.4) is 0 Å². The quantitative estimate of drug-likeness (QED) is 0.897. The van der Waals surface area contributed by atoms with Crippen LogP contribution in [0.5, 0.6) is 5.75 Å². The van der Waals surface area contributed by atoms with E-state index >= 15 is 0 Å². The predicted octanol–water partition coefficient (Wildman–Crippen LogP) is 3.96. The number of benzene rings is 1. The molecule has 0 saturated carbocycles. The summed E-state index contributed by atoms with van der Waals surface area (Å²) in [4.78, 5) is 4.05.